The van der Waals surface area contributed by atoms with Gasteiger partial charge in [-0.15, -0.1) is 0 Å². The van der Waals surface area contributed by atoms with Crippen LogP contribution in [0.15, 0.2) is 59.3 Å². The Bertz CT molecular complexity index is 1230. The zero-order valence-corrected chi connectivity index (χ0v) is 16.7. The van der Waals surface area contributed by atoms with E-state index in [0.717, 1.165) is 5.69 Å². The van der Waals surface area contributed by atoms with Gasteiger partial charge >= 0.3 is 5.97 Å². The Kier molecular flexibility index (Phi) is 5.80. The lowest BCUT2D eigenvalue weighted by molar-refractivity contribution is -0.145. The maximum atomic E-state index is 12.3. The summed E-state index contributed by atoms with van der Waals surface area (Å²) >= 11 is 0. The molecule has 4 aromatic rings. The first-order chi connectivity index (χ1) is 15.2. The molecule has 3 aromatic heterocycles. The summed E-state index contributed by atoms with van der Waals surface area (Å²) in [6.07, 6.45) is 1.94. The first kappa shape index (κ1) is 20.0. The van der Waals surface area contributed by atoms with Gasteiger partial charge in [0.15, 0.2) is 0 Å². The summed E-state index contributed by atoms with van der Waals surface area (Å²) < 4.78 is 12.2. The maximum absolute atomic E-state index is 12.3. The summed E-state index contributed by atoms with van der Waals surface area (Å²) in [4.78, 5) is 20.7. The van der Waals surface area contributed by atoms with E-state index in [1.165, 1.54) is 0 Å². The normalized spacial score (nSPS) is 10.6. The van der Waals surface area contributed by atoms with Crippen LogP contribution in [0.4, 0.5) is 0 Å². The number of ether oxygens (including phenoxy) is 1. The zero-order valence-electron chi connectivity index (χ0n) is 16.7. The van der Waals surface area contributed by atoms with Gasteiger partial charge in [0, 0.05) is 12.6 Å². The maximum Gasteiger partial charge on any atom is 0.306 e. The summed E-state index contributed by atoms with van der Waals surface area (Å²) in [7, 11) is 0. The second-order valence-corrected chi connectivity index (χ2v) is 6.65. The monoisotopic (exact) mass is 414 g/mol. The van der Waals surface area contributed by atoms with E-state index in [1.807, 2.05) is 36.4 Å². The molecule has 9 nitrogen and oxygen atoms in total. The molecular formula is C22H18N6O3. The van der Waals surface area contributed by atoms with Crippen LogP contribution >= 0.6 is 0 Å². The molecule has 0 saturated carbocycles. The first-order valence-electron chi connectivity index (χ1n) is 9.59. The molecule has 0 fully saturated rings. The largest absolute Gasteiger partial charge is 0.459 e. The number of carbonyl (C=O) groups is 1. The van der Waals surface area contributed by atoms with Gasteiger partial charge in [-0.25, -0.2) is 4.68 Å². The Balaban J connectivity index is 1.40. The predicted octanol–water partition coefficient (Wildman–Crippen LogP) is 3.17. The number of rotatable bonds is 7. The number of benzene rings is 1. The molecule has 0 aliphatic carbocycles. The molecule has 1 aromatic carbocycles. The molecule has 0 unspecified atom stereocenters. The van der Waals surface area contributed by atoms with Crippen LogP contribution in [-0.4, -0.2) is 30.9 Å². The summed E-state index contributed by atoms with van der Waals surface area (Å²) in [5.41, 5.74) is 2.87. The highest BCUT2D eigenvalue weighted by Gasteiger charge is 2.18. The van der Waals surface area contributed by atoms with Crippen LogP contribution in [0.25, 0.3) is 17.2 Å². The molecule has 9 heteroatoms. The van der Waals surface area contributed by atoms with Gasteiger partial charge in [0.1, 0.15) is 23.9 Å². The van der Waals surface area contributed by atoms with Crippen LogP contribution in [-0.2, 0) is 22.6 Å². The fourth-order valence-corrected chi connectivity index (χ4v) is 3.02. The van der Waals surface area contributed by atoms with Crippen molar-refractivity contribution < 1.29 is 14.1 Å². The Morgan fingerprint density at radius 2 is 2.00 bits per heavy atom. The third kappa shape index (κ3) is 4.48. The average Bonchev–Trinajstić information content (AvgIpc) is 3.41. The highest BCUT2D eigenvalue weighted by Crippen LogP contribution is 2.19. The van der Waals surface area contributed by atoms with Crippen molar-refractivity contribution >= 4 is 5.97 Å². The topological polar surface area (TPSA) is 120 Å². The van der Waals surface area contributed by atoms with Crippen molar-refractivity contribution in [1.82, 2.24) is 24.9 Å². The van der Waals surface area contributed by atoms with Crippen LogP contribution in [0.2, 0.25) is 0 Å². The van der Waals surface area contributed by atoms with Crippen molar-refractivity contribution in [1.29, 1.82) is 5.26 Å². The van der Waals surface area contributed by atoms with E-state index < -0.39 is 5.97 Å². The van der Waals surface area contributed by atoms with Gasteiger partial charge in [-0.2, -0.15) is 15.3 Å². The summed E-state index contributed by atoms with van der Waals surface area (Å²) in [6.45, 7) is 1.68. The standard InChI is InChI=1S/C22H18N6O3/c1-15-17(13-23)19(28(26-15)16-7-3-2-4-8-16)14-30-21(29)11-10-20-25-22(27-31-20)18-9-5-6-12-24-18/h2-9,12H,10-11,14H2,1H3. The van der Waals surface area contributed by atoms with Crippen LogP contribution < -0.4 is 0 Å². The number of pyridine rings is 1. The van der Waals surface area contributed by atoms with E-state index in [9.17, 15) is 10.1 Å². The zero-order chi connectivity index (χ0) is 21.6. The quantitative estimate of drug-likeness (QED) is 0.423. The van der Waals surface area contributed by atoms with Gasteiger partial charge in [-0.05, 0) is 31.2 Å². The number of nitrogens with zero attached hydrogens (tertiary/aromatic N) is 6. The van der Waals surface area contributed by atoms with E-state index >= 15 is 0 Å². The average molecular weight is 414 g/mol. The molecule has 31 heavy (non-hydrogen) atoms. The van der Waals surface area contributed by atoms with Crippen LogP contribution in [0.3, 0.4) is 0 Å². The summed E-state index contributed by atoms with van der Waals surface area (Å²) in [5.74, 6) is 0.241. The second-order valence-electron chi connectivity index (χ2n) is 6.65. The molecule has 0 bridgehead atoms. The van der Waals surface area contributed by atoms with Gasteiger partial charge in [0.2, 0.25) is 11.7 Å². The van der Waals surface area contributed by atoms with E-state index in [2.05, 4.69) is 26.3 Å². The number of aryl methyl sites for hydroxylation is 2. The molecule has 3 heterocycles. The molecular weight excluding hydrogens is 396 g/mol. The minimum atomic E-state index is -0.444. The van der Waals surface area contributed by atoms with Crippen molar-refractivity contribution in [3.63, 3.8) is 0 Å². The van der Waals surface area contributed by atoms with E-state index in [1.54, 1.807) is 29.9 Å². The number of para-hydroxylation sites is 1. The SMILES string of the molecule is Cc1nn(-c2ccccc2)c(COC(=O)CCc2nc(-c3ccccn3)no2)c1C#N. The Morgan fingerprint density at radius 1 is 1.19 bits per heavy atom. The third-order valence-electron chi connectivity index (χ3n) is 4.54. The minimum Gasteiger partial charge on any atom is -0.459 e. The molecule has 154 valence electrons. The van der Waals surface area contributed by atoms with Crippen molar-refractivity contribution in [2.75, 3.05) is 0 Å². The van der Waals surface area contributed by atoms with Gasteiger partial charge in [0.05, 0.1) is 23.5 Å². The molecule has 0 aliphatic rings. The Labute approximate surface area is 177 Å². The highest BCUT2D eigenvalue weighted by molar-refractivity contribution is 5.69. The molecule has 0 atom stereocenters. The van der Waals surface area contributed by atoms with E-state index in [-0.39, 0.29) is 19.4 Å². The number of aromatic nitrogens is 5. The number of carbonyl (C=O) groups excluding carboxylic acids is 1. The first-order valence-corrected chi connectivity index (χ1v) is 9.59. The smallest absolute Gasteiger partial charge is 0.306 e. The van der Waals surface area contributed by atoms with Crippen molar-refractivity contribution in [3.05, 3.63) is 77.6 Å². The fourth-order valence-electron chi connectivity index (χ4n) is 3.02. The molecule has 0 spiro atoms. The molecule has 0 N–H and O–H groups in total. The molecule has 4 rings (SSSR count). The number of nitriles is 1. The van der Waals surface area contributed by atoms with E-state index in [4.69, 9.17) is 9.26 Å². The second kappa shape index (κ2) is 9.00. The molecule has 0 saturated heterocycles. The predicted molar refractivity (Wildman–Crippen MR) is 109 cm³/mol. The Morgan fingerprint density at radius 3 is 2.74 bits per heavy atom. The van der Waals surface area contributed by atoms with Gasteiger partial charge in [-0.1, -0.05) is 29.4 Å². The summed E-state index contributed by atoms with van der Waals surface area (Å²) in [6, 6.07) is 16.9. The van der Waals surface area contributed by atoms with Gasteiger partial charge < -0.3 is 9.26 Å². The number of esters is 1. The number of hydrogen-bond acceptors (Lipinski definition) is 8. The van der Waals surface area contributed by atoms with Crippen molar-refractivity contribution in [3.8, 4) is 23.3 Å². The highest BCUT2D eigenvalue weighted by atomic mass is 16.5. The van der Waals surface area contributed by atoms with E-state index in [0.29, 0.717) is 34.4 Å². The molecule has 0 aliphatic heterocycles. The van der Waals surface area contributed by atoms with Crippen LogP contribution in [0.1, 0.15) is 29.3 Å². The third-order valence-corrected chi connectivity index (χ3v) is 4.54. The van der Waals surface area contributed by atoms with Crippen LogP contribution in [0.5, 0.6) is 0 Å². The minimum absolute atomic E-state index is 0.0597. The van der Waals surface area contributed by atoms with Gasteiger partial charge in [0.25, 0.3) is 0 Å². The fraction of sp³-hybridized carbons (Fsp3) is 0.182. The number of hydrogen-bond donors (Lipinski definition) is 0. The Hall–Kier alpha value is -4.32. The lowest BCUT2D eigenvalue weighted by Crippen LogP contribution is -2.10. The lowest BCUT2D eigenvalue weighted by Gasteiger charge is -2.08. The van der Waals surface area contributed by atoms with Crippen molar-refractivity contribution in [2.24, 2.45) is 0 Å². The van der Waals surface area contributed by atoms with Crippen LogP contribution in [0, 0.1) is 18.3 Å². The van der Waals surface area contributed by atoms with Crippen molar-refractivity contribution in [2.45, 2.75) is 26.4 Å². The molecule has 0 radical (unpaired) electrons. The van der Waals surface area contributed by atoms with Gasteiger partial charge in [-0.3, -0.25) is 9.78 Å². The molecule has 0 amide bonds. The lowest BCUT2D eigenvalue weighted by atomic mass is 10.2. The summed E-state index contributed by atoms with van der Waals surface area (Å²) in [5, 5.41) is 17.8.